The Hall–Kier alpha value is -1.28. The van der Waals surface area contributed by atoms with Crippen molar-refractivity contribution in [1.82, 2.24) is 0 Å². The molecule has 16 heavy (non-hydrogen) atoms. The van der Waals surface area contributed by atoms with Crippen LogP contribution >= 0.6 is 0 Å². The van der Waals surface area contributed by atoms with Crippen molar-refractivity contribution in [1.29, 1.82) is 5.26 Å². The molecule has 0 fully saturated rings. The van der Waals surface area contributed by atoms with Crippen LogP contribution in [0.2, 0.25) is 0 Å². The first-order valence-corrected chi connectivity index (χ1v) is 4.91. The van der Waals surface area contributed by atoms with E-state index in [1.54, 1.807) is 12.2 Å². The number of hydrogen-bond donors (Lipinski definition) is 0. The Labute approximate surface area is 92.0 Å². The van der Waals surface area contributed by atoms with Crippen LogP contribution in [0, 0.1) is 17.2 Å². The Morgan fingerprint density at radius 3 is 2.88 bits per heavy atom. The van der Waals surface area contributed by atoms with Crippen LogP contribution in [0.5, 0.6) is 0 Å². The van der Waals surface area contributed by atoms with Gasteiger partial charge in [-0.1, -0.05) is 30.7 Å². The van der Waals surface area contributed by atoms with Crippen molar-refractivity contribution in [2.24, 2.45) is 5.92 Å². The van der Waals surface area contributed by atoms with Crippen LogP contribution in [0.4, 0.5) is 13.2 Å². The van der Waals surface area contributed by atoms with E-state index in [0.29, 0.717) is 6.42 Å². The number of hydrogen-bond acceptors (Lipinski definition) is 2. The number of nitrogens with zero attached hydrogens (tertiary/aromatic N) is 1. The molecule has 0 N–H and O–H groups in total. The molecule has 5 heteroatoms. The van der Waals surface area contributed by atoms with Gasteiger partial charge in [0.05, 0.1) is 12.2 Å². The average molecular weight is 231 g/mol. The van der Waals surface area contributed by atoms with Gasteiger partial charge < -0.3 is 0 Å². The fourth-order valence-corrected chi connectivity index (χ4v) is 1.56. The predicted octanol–water partition coefficient (Wildman–Crippen LogP) is 3.33. The summed E-state index contributed by atoms with van der Waals surface area (Å²) in [6.07, 6.45) is -0.425. The van der Waals surface area contributed by atoms with Gasteiger partial charge in [0.15, 0.2) is 0 Å². The highest BCUT2D eigenvalue weighted by molar-refractivity contribution is 5.23. The quantitative estimate of drug-likeness (QED) is 0.746. The third-order valence-corrected chi connectivity index (χ3v) is 2.39. The van der Waals surface area contributed by atoms with Crippen molar-refractivity contribution < 1.29 is 17.9 Å². The molecule has 0 saturated carbocycles. The van der Waals surface area contributed by atoms with E-state index in [9.17, 15) is 13.2 Å². The number of halogens is 3. The van der Waals surface area contributed by atoms with Gasteiger partial charge in [-0.15, -0.1) is 13.2 Å². The standard InChI is InChI=1S/C11H12F3NO/c1-8(5-6-15)9-3-2-4-10(7-9)16-11(12,13)14/h2-4,8,10H,5,7H2,1H3. The Kier molecular flexibility index (Phi) is 4.13. The van der Waals surface area contributed by atoms with Gasteiger partial charge in [0.2, 0.25) is 0 Å². The van der Waals surface area contributed by atoms with E-state index in [1.807, 2.05) is 13.0 Å². The van der Waals surface area contributed by atoms with E-state index in [1.165, 1.54) is 6.08 Å². The van der Waals surface area contributed by atoms with E-state index >= 15 is 0 Å². The van der Waals surface area contributed by atoms with Crippen molar-refractivity contribution in [3.8, 4) is 6.07 Å². The molecule has 0 aromatic carbocycles. The summed E-state index contributed by atoms with van der Waals surface area (Å²) in [4.78, 5) is 0. The minimum absolute atomic E-state index is 0.0331. The van der Waals surface area contributed by atoms with Crippen LogP contribution in [0.15, 0.2) is 23.8 Å². The van der Waals surface area contributed by atoms with E-state index in [0.717, 1.165) is 5.57 Å². The molecule has 0 aromatic rings. The normalized spacial score (nSPS) is 22.4. The molecule has 0 aromatic heterocycles. The lowest BCUT2D eigenvalue weighted by molar-refractivity contribution is -0.336. The molecule has 0 aliphatic heterocycles. The van der Waals surface area contributed by atoms with Gasteiger partial charge in [0.1, 0.15) is 0 Å². The number of rotatable bonds is 3. The van der Waals surface area contributed by atoms with Crippen LogP contribution < -0.4 is 0 Å². The van der Waals surface area contributed by atoms with Gasteiger partial charge in [-0.25, -0.2) is 0 Å². The first-order valence-electron chi connectivity index (χ1n) is 4.91. The van der Waals surface area contributed by atoms with E-state index < -0.39 is 12.5 Å². The molecule has 2 atom stereocenters. The predicted molar refractivity (Wildman–Crippen MR) is 52.2 cm³/mol. The lowest BCUT2D eigenvalue weighted by Crippen LogP contribution is -2.24. The summed E-state index contributed by atoms with van der Waals surface area (Å²) in [5.41, 5.74) is 0.818. The van der Waals surface area contributed by atoms with Crippen LogP contribution in [0.3, 0.4) is 0 Å². The second kappa shape index (κ2) is 5.17. The van der Waals surface area contributed by atoms with Crippen LogP contribution in [-0.2, 0) is 4.74 Å². The molecule has 0 radical (unpaired) electrons. The fraction of sp³-hybridized carbons (Fsp3) is 0.545. The van der Waals surface area contributed by atoms with Crippen molar-refractivity contribution in [3.05, 3.63) is 23.8 Å². The average Bonchev–Trinajstić information content (AvgIpc) is 2.16. The molecule has 1 rings (SSSR count). The largest absolute Gasteiger partial charge is 0.523 e. The highest BCUT2D eigenvalue weighted by Crippen LogP contribution is 2.28. The van der Waals surface area contributed by atoms with Crippen molar-refractivity contribution in [2.75, 3.05) is 0 Å². The molecule has 1 aliphatic carbocycles. The van der Waals surface area contributed by atoms with Gasteiger partial charge in [0, 0.05) is 6.42 Å². The second-order valence-electron chi connectivity index (χ2n) is 3.70. The van der Waals surface area contributed by atoms with E-state index in [4.69, 9.17) is 5.26 Å². The highest BCUT2D eigenvalue weighted by Gasteiger charge is 2.33. The summed E-state index contributed by atoms with van der Waals surface area (Å²) in [6, 6.07) is 2.00. The van der Waals surface area contributed by atoms with Gasteiger partial charge in [-0.2, -0.15) is 5.26 Å². The Morgan fingerprint density at radius 2 is 2.31 bits per heavy atom. The Bertz CT molecular complexity index is 338. The maximum absolute atomic E-state index is 12.0. The summed E-state index contributed by atoms with van der Waals surface area (Å²) in [6.45, 7) is 1.82. The van der Waals surface area contributed by atoms with Gasteiger partial charge in [-0.3, -0.25) is 4.74 Å². The van der Waals surface area contributed by atoms with Gasteiger partial charge in [0.25, 0.3) is 0 Å². The SMILES string of the molecule is CC(CC#N)C1=CC=CC(OC(F)(F)F)C1. The minimum Gasteiger partial charge on any atom is -0.284 e. The first kappa shape index (κ1) is 12.8. The molecule has 0 bridgehead atoms. The highest BCUT2D eigenvalue weighted by atomic mass is 19.4. The molecule has 1 aliphatic rings. The third kappa shape index (κ3) is 4.07. The zero-order valence-electron chi connectivity index (χ0n) is 8.79. The molecule has 88 valence electrons. The van der Waals surface area contributed by atoms with Crippen molar-refractivity contribution in [3.63, 3.8) is 0 Å². The summed E-state index contributed by atoms with van der Waals surface area (Å²) in [5.74, 6) is -0.0331. The molecule has 0 spiro atoms. The molecular formula is C11H12F3NO. The van der Waals surface area contributed by atoms with Crippen LogP contribution in [-0.4, -0.2) is 12.5 Å². The molecule has 2 nitrogen and oxygen atoms in total. The van der Waals surface area contributed by atoms with Crippen LogP contribution in [0.25, 0.3) is 0 Å². The van der Waals surface area contributed by atoms with E-state index in [2.05, 4.69) is 4.74 Å². The molecule has 0 amide bonds. The minimum atomic E-state index is -4.62. The third-order valence-electron chi connectivity index (χ3n) is 2.39. The lowest BCUT2D eigenvalue weighted by atomic mass is 9.90. The zero-order chi connectivity index (χ0) is 12.2. The maximum atomic E-state index is 12.0. The monoisotopic (exact) mass is 231 g/mol. The Balaban J connectivity index is 2.57. The van der Waals surface area contributed by atoms with Gasteiger partial charge >= 0.3 is 6.36 Å². The summed E-state index contributed by atoms with van der Waals surface area (Å²) in [5, 5.41) is 8.51. The van der Waals surface area contributed by atoms with Crippen molar-refractivity contribution >= 4 is 0 Å². The number of alkyl halides is 3. The zero-order valence-corrected chi connectivity index (χ0v) is 8.79. The fourth-order valence-electron chi connectivity index (χ4n) is 1.56. The topological polar surface area (TPSA) is 33.0 Å². The molecule has 2 unspecified atom stereocenters. The second-order valence-corrected chi connectivity index (χ2v) is 3.70. The van der Waals surface area contributed by atoms with E-state index in [-0.39, 0.29) is 12.3 Å². The Morgan fingerprint density at radius 1 is 1.62 bits per heavy atom. The van der Waals surface area contributed by atoms with Gasteiger partial charge in [-0.05, 0) is 12.3 Å². The number of ether oxygens (including phenoxy) is 1. The summed E-state index contributed by atoms with van der Waals surface area (Å²) >= 11 is 0. The smallest absolute Gasteiger partial charge is 0.284 e. The van der Waals surface area contributed by atoms with Crippen LogP contribution in [0.1, 0.15) is 19.8 Å². The maximum Gasteiger partial charge on any atom is 0.523 e. The molecule has 0 saturated heterocycles. The first-order chi connectivity index (χ1) is 7.42. The summed E-state index contributed by atoms with van der Waals surface area (Å²) in [7, 11) is 0. The number of nitriles is 1. The number of allylic oxidation sites excluding steroid dienone is 2. The molecular weight excluding hydrogens is 219 g/mol. The van der Waals surface area contributed by atoms with Crippen molar-refractivity contribution in [2.45, 2.75) is 32.2 Å². The lowest BCUT2D eigenvalue weighted by Gasteiger charge is -2.22. The molecule has 0 heterocycles. The summed E-state index contributed by atoms with van der Waals surface area (Å²) < 4.78 is 39.9.